The second kappa shape index (κ2) is 15.5. The molecule has 0 bridgehead atoms. The molecule has 2 nitrogen and oxygen atoms in total. The van der Waals surface area contributed by atoms with E-state index in [-0.39, 0.29) is 0 Å². The minimum absolute atomic E-state index is 1.00. The maximum Gasteiger partial charge on any atom is 0.111 e. The summed E-state index contributed by atoms with van der Waals surface area (Å²) in [4.78, 5) is 4.59. The molecule has 3 aromatic rings. The molecule has 0 radical (unpaired) electrons. The second-order valence-electron chi connectivity index (χ2n) is 8.22. The Labute approximate surface area is 191 Å². The van der Waals surface area contributed by atoms with Crippen LogP contribution in [0.3, 0.4) is 0 Å². The van der Waals surface area contributed by atoms with Crippen LogP contribution < -0.4 is 0 Å². The van der Waals surface area contributed by atoms with E-state index >= 15 is 0 Å². The molecule has 1 aromatic heterocycles. The largest absolute Gasteiger partial charge is 0.297 e. The number of aryl methyl sites for hydroxylation is 1. The van der Waals surface area contributed by atoms with Crippen molar-refractivity contribution in [3.05, 3.63) is 66.5 Å². The van der Waals surface area contributed by atoms with Crippen molar-refractivity contribution in [3.63, 3.8) is 0 Å². The molecule has 31 heavy (non-hydrogen) atoms. The fourth-order valence-electron chi connectivity index (χ4n) is 3.37. The zero-order valence-corrected chi connectivity index (χ0v) is 20.9. The summed E-state index contributed by atoms with van der Waals surface area (Å²) in [7, 11) is 0. The number of hydrogen-bond acceptors (Lipinski definition) is 1. The molecule has 0 fully saturated rings. The third kappa shape index (κ3) is 9.12. The van der Waals surface area contributed by atoms with Crippen LogP contribution in [-0.4, -0.2) is 9.55 Å². The van der Waals surface area contributed by atoms with Gasteiger partial charge in [0.05, 0.1) is 11.0 Å². The van der Waals surface area contributed by atoms with Gasteiger partial charge in [-0.1, -0.05) is 115 Å². The third-order valence-electron chi connectivity index (χ3n) is 5.26. The summed E-state index contributed by atoms with van der Waals surface area (Å²) >= 11 is 0. The summed E-state index contributed by atoms with van der Waals surface area (Å²) in [5.74, 6) is 1.00. The highest BCUT2D eigenvalue weighted by Crippen LogP contribution is 2.22. The van der Waals surface area contributed by atoms with Crippen LogP contribution in [-0.2, 0) is 0 Å². The number of nitrogens with zero attached hydrogens (tertiary/aromatic N) is 2. The molecular formula is C29H44N2. The lowest BCUT2D eigenvalue weighted by molar-refractivity contribution is 0.702. The predicted octanol–water partition coefficient (Wildman–Crippen LogP) is 9.54. The Morgan fingerprint density at radius 3 is 1.71 bits per heavy atom. The number of aromatic nitrogens is 2. The maximum absolute atomic E-state index is 4.59. The number of unbranched alkanes of at least 4 members (excludes halogenated alkanes) is 6. The van der Waals surface area contributed by atoms with Crippen LogP contribution in [0, 0.1) is 6.92 Å². The second-order valence-corrected chi connectivity index (χ2v) is 8.22. The van der Waals surface area contributed by atoms with E-state index in [1.807, 2.05) is 32.0 Å². The standard InChI is InChI=1S/C17H16N2.2C6H14/c1-12(2)14-8-10-15(11-9-14)19-13(3)18-16-6-4-5-7-17(16)19;2*1-3-5-6-4-2/h4-11H,1H2,2-3H3;2*3-6H2,1-2H3. The molecule has 0 aliphatic rings. The Balaban J connectivity index is 0.000000333. The smallest absolute Gasteiger partial charge is 0.111 e. The van der Waals surface area contributed by atoms with E-state index in [1.54, 1.807) is 0 Å². The first-order valence-corrected chi connectivity index (χ1v) is 12.2. The highest BCUT2D eigenvalue weighted by molar-refractivity contribution is 5.78. The van der Waals surface area contributed by atoms with Crippen LogP contribution in [0.1, 0.15) is 97.4 Å². The number of hydrogen-bond donors (Lipinski definition) is 0. The number of fused-ring (bicyclic) bond motifs is 1. The van der Waals surface area contributed by atoms with Crippen molar-refractivity contribution >= 4 is 16.6 Å². The molecule has 0 aliphatic carbocycles. The SMILES string of the molecule is C=C(C)c1ccc(-n2c(C)nc3ccccc32)cc1.CCCCCC.CCCCCC. The van der Waals surface area contributed by atoms with Crippen LogP contribution in [0.5, 0.6) is 0 Å². The molecule has 2 aromatic carbocycles. The lowest BCUT2D eigenvalue weighted by atomic mass is 10.1. The van der Waals surface area contributed by atoms with E-state index in [9.17, 15) is 0 Å². The van der Waals surface area contributed by atoms with Gasteiger partial charge in [-0.2, -0.15) is 0 Å². The molecule has 0 N–H and O–H groups in total. The third-order valence-corrected chi connectivity index (χ3v) is 5.26. The molecule has 0 atom stereocenters. The van der Waals surface area contributed by atoms with Crippen LogP contribution >= 0.6 is 0 Å². The number of allylic oxidation sites excluding steroid dienone is 1. The quantitative estimate of drug-likeness (QED) is 0.332. The molecule has 0 amide bonds. The lowest BCUT2D eigenvalue weighted by Crippen LogP contribution is -1.96. The Morgan fingerprint density at radius 2 is 1.26 bits per heavy atom. The number of para-hydroxylation sites is 2. The average molecular weight is 421 g/mol. The van der Waals surface area contributed by atoms with Gasteiger partial charge in [0.1, 0.15) is 5.82 Å². The monoisotopic (exact) mass is 420 g/mol. The lowest BCUT2D eigenvalue weighted by Gasteiger charge is -2.08. The van der Waals surface area contributed by atoms with Gasteiger partial charge in [0.25, 0.3) is 0 Å². The van der Waals surface area contributed by atoms with Gasteiger partial charge in [-0.05, 0) is 43.7 Å². The minimum atomic E-state index is 1.00. The normalized spacial score (nSPS) is 10.1. The van der Waals surface area contributed by atoms with Gasteiger partial charge < -0.3 is 0 Å². The van der Waals surface area contributed by atoms with Gasteiger partial charge >= 0.3 is 0 Å². The van der Waals surface area contributed by atoms with E-state index in [4.69, 9.17) is 0 Å². The summed E-state index contributed by atoms with van der Waals surface area (Å²) < 4.78 is 2.18. The van der Waals surface area contributed by atoms with Crippen molar-refractivity contribution in [2.45, 2.75) is 92.9 Å². The van der Waals surface area contributed by atoms with Crippen molar-refractivity contribution in [1.82, 2.24) is 9.55 Å². The Bertz CT molecular complexity index is 855. The molecule has 0 spiro atoms. The molecular weight excluding hydrogens is 376 g/mol. The van der Waals surface area contributed by atoms with Crippen LogP contribution in [0.4, 0.5) is 0 Å². The van der Waals surface area contributed by atoms with Crippen molar-refractivity contribution in [3.8, 4) is 5.69 Å². The van der Waals surface area contributed by atoms with Gasteiger partial charge in [0, 0.05) is 5.69 Å². The molecule has 0 unspecified atom stereocenters. The average Bonchev–Trinajstić information content (AvgIpc) is 3.12. The first-order valence-electron chi connectivity index (χ1n) is 12.2. The Morgan fingerprint density at radius 1 is 0.774 bits per heavy atom. The Hall–Kier alpha value is -2.35. The van der Waals surface area contributed by atoms with Crippen LogP contribution in [0.25, 0.3) is 22.3 Å². The minimum Gasteiger partial charge on any atom is -0.297 e. The molecule has 0 saturated heterocycles. The highest BCUT2D eigenvalue weighted by Gasteiger charge is 2.08. The summed E-state index contributed by atoms with van der Waals surface area (Å²) in [5, 5.41) is 0. The fourth-order valence-corrected chi connectivity index (χ4v) is 3.37. The van der Waals surface area contributed by atoms with E-state index in [2.05, 4.69) is 74.2 Å². The highest BCUT2D eigenvalue weighted by atomic mass is 15.1. The van der Waals surface area contributed by atoms with Crippen molar-refractivity contribution in [2.24, 2.45) is 0 Å². The van der Waals surface area contributed by atoms with E-state index in [1.165, 1.54) is 56.9 Å². The van der Waals surface area contributed by atoms with E-state index < -0.39 is 0 Å². The first kappa shape index (κ1) is 26.7. The maximum atomic E-state index is 4.59. The fraction of sp³-hybridized carbons (Fsp3) is 0.483. The predicted molar refractivity (Wildman–Crippen MR) is 140 cm³/mol. The first-order chi connectivity index (χ1) is 15.0. The van der Waals surface area contributed by atoms with Gasteiger partial charge in [-0.15, -0.1) is 0 Å². The summed E-state index contributed by atoms with van der Waals surface area (Å²) in [6, 6.07) is 16.6. The number of imidazole rings is 1. The van der Waals surface area contributed by atoms with E-state index in [0.717, 1.165) is 28.1 Å². The van der Waals surface area contributed by atoms with Crippen molar-refractivity contribution in [1.29, 1.82) is 0 Å². The van der Waals surface area contributed by atoms with Gasteiger partial charge in [-0.25, -0.2) is 4.98 Å². The summed E-state index contributed by atoms with van der Waals surface area (Å²) in [6.45, 7) is 16.9. The molecule has 0 saturated carbocycles. The molecule has 0 aliphatic heterocycles. The molecule has 2 heteroatoms. The molecule has 1 heterocycles. The summed E-state index contributed by atoms with van der Waals surface area (Å²) in [5.41, 5.74) is 5.56. The Kier molecular flexibility index (Phi) is 13.3. The van der Waals surface area contributed by atoms with Gasteiger partial charge in [-0.3, -0.25) is 4.57 Å². The van der Waals surface area contributed by atoms with E-state index in [0.29, 0.717) is 0 Å². The van der Waals surface area contributed by atoms with Crippen molar-refractivity contribution in [2.75, 3.05) is 0 Å². The van der Waals surface area contributed by atoms with Gasteiger partial charge in [0.15, 0.2) is 0 Å². The zero-order chi connectivity index (χ0) is 23.1. The zero-order valence-electron chi connectivity index (χ0n) is 20.9. The van der Waals surface area contributed by atoms with Gasteiger partial charge in [0.2, 0.25) is 0 Å². The summed E-state index contributed by atoms with van der Waals surface area (Å²) in [6.07, 6.45) is 11.1. The van der Waals surface area contributed by atoms with Crippen LogP contribution in [0.15, 0.2) is 55.1 Å². The topological polar surface area (TPSA) is 17.8 Å². The number of rotatable bonds is 8. The van der Waals surface area contributed by atoms with Crippen LogP contribution in [0.2, 0.25) is 0 Å². The van der Waals surface area contributed by atoms with Crippen molar-refractivity contribution < 1.29 is 0 Å². The number of benzene rings is 2. The molecule has 3 rings (SSSR count). The molecule has 170 valence electrons.